The molecule has 0 unspecified atom stereocenters. The topological polar surface area (TPSA) is 57.7 Å². The first-order valence-electron chi connectivity index (χ1n) is 10.4. The van der Waals surface area contributed by atoms with Crippen molar-refractivity contribution in [3.05, 3.63) is 101 Å². The van der Waals surface area contributed by atoms with Gasteiger partial charge in [0.1, 0.15) is 6.04 Å². The van der Waals surface area contributed by atoms with Gasteiger partial charge in [-0.25, -0.2) is 8.42 Å². The number of carbonyl (C=O) groups is 1. The van der Waals surface area contributed by atoms with Gasteiger partial charge in [0, 0.05) is 18.1 Å². The zero-order chi connectivity index (χ0) is 23.1. The van der Waals surface area contributed by atoms with Crippen molar-refractivity contribution in [2.45, 2.75) is 32.5 Å². The maximum absolute atomic E-state index is 13.8. The van der Waals surface area contributed by atoms with Crippen molar-refractivity contribution in [3.8, 4) is 0 Å². The lowest BCUT2D eigenvalue weighted by Gasteiger charge is -2.34. The number of hydrogen-bond donors (Lipinski definition) is 0. The molecule has 0 aromatic heterocycles. The van der Waals surface area contributed by atoms with Crippen LogP contribution in [0.3, 0.4) is 0 Å². The van der Waals surface area contributed by atoms with E-state index in [0.717, 1.165) is 17.4 Å². The summed E-state index contributed by atoms with van der Waals surface area (Å²) in [5.41, 5.74) is 2.32. The fraction of sp³-hybridized carbons (Fsp3) is 0.240. The first-order chi connectivity index (χ1) is 15.3. The Hall–Kier alpha value is -2.83. The number of carbonyl (C=O) groups excluding carboxylic acids is 1. The molecule has 1 amide bonds. The van der Waals surface area contributed by atoms with E-state index in [-0.39, 0.29) is 5.91 Å². The molecule has 3 aromatic rings. The third kappa shape index (κ3) is 6.11. The molecule has 0 saturated carbocycles. The van der Waals surface area contributed by atoms with Gasteiger partial charge in [-0.15, -0.1) is 0 Å². The molecule has 0 heterocycles. The van der Waals surface area contributed by atoms with Gasteiger partial charge in [-0.05, 0) is 35.7 Å². The molecule has 0 aliphatic rings. The van der Waals surface area contributed by atoms with Gasteiger partial charge < -0.3 is 4.90 Å². The van der Waals surface area contributed by atoms with E-state index in [9.17, 15) is 13.2 Å². The van der Waals surface area contributed by atoms with E-state index >= 15 is 0 Å². The Morgan fingerprint density at radius 2 is 1.41 bits per heavy atom. The molecule has 0 spiro atoms. The number of hydrogen-bond acceptors (Lipinski definition) is 3. The van der Waals surface area contributed by atoms with Crippen molar-refractivity contribution < 1.29 is 13.2 Å². The highest BCUT2D eigenvalue weighted by atomic mass is 35.5. The molecule has 5 nitrogen and oxygen atoms in total. The van der Waals surface area contributed by atoms with Crippen molar-refractivity contribution in [2.24, 2.45) is 0 Å². The largest absolute Gasteiger partial charge is 0.332 e. The van der Waals surface area contributed by atoms with Crippen LogP contribution in [0.1, 0.15) is 24.5 Å². The molecule has 32 heavy (non-hydrogen) atoms. The van der Waals surface area contributed by atoms with Crippen LogP contribution < -0.4 is 4.31 Å². The normalized spacial score (nSPS) is 12.2. The average Bonchev–Trinajstić information content (AvgIpc) is 2.77. The van der Waals surface area contributed by atoms with Gasteiger partial charge in [0.2, 0.25) is 15.9 Å². The Bertz CT molecular complexity index is 1100. The van der Waals surface area contributed by atoms with E-state index in [4.69, 9.17) is 11.6 Å². The van der Waals surface area contributed by atoms with Crippen molar-refractivity contribution in [2.75, 3.05) is 10.6 Å². The van der Waals surface area contributed by atoms with Gasteiger partial charge >= 0.3 is 0 Å². The average molecular weight is 471 g/mol. The number of nitrogens with zero attached hydrogens (tertiary/aromatic N) is 2. The Balaban J connectivity index is 2.00. The van der Waals surface area contributed by atoms with Crippen molar-refractivity contribution in [1.82, 2.24) is 4.90 Å². The van der Waals surface area contributed by atoms with Crippen LogP contribution in [0, 0.1) is 0 Å². The summed E-state index contributed by atoms with van der Waals surface area (Å²) in [5.74, 6) is -0.259. The van der Waals surface area contributed by atoms with Crippen LogP contribution in [0.4, 0.5) is 5.69 Å². The standard InChI is InChI=1S/C25H27ClN2O3S/c1-3-24(28(32(2,30)31)23-16-10-15-22(26)17-23)25(29)27(18-20-11-6-4-7-12-20)19-21-13-8-5-9-14-21/h4-17,24H,3,18-19H2,1-2H3/t24-/m0/s1. The third-order valence-electron chi connectivity index (χ3n) is 5.12. The van der Waals surface area contributed by atoms with Crippen molar-refractivity contribution >= 4 is 33.2 Å². The Morgan fingerprint density at radius 1 is 0.875 bits per heavy atom. The summed E-state index contributed by atoms with van der Waals surface area (Å²) in [6.45, 7) is 2.56. The minimum Gasteiger partial charge on any atom is -0.332 e. The van der Waals surface area contributed by atoms with Gasteiger partial charge in [-0.2, -0.15) is 0 Å². The van der Waals surface area contributed by atoms with Crippen LogP contribution in [0.2, 0.25) is 5.02 Å². The van der Waals surface area contributed by atoms with Crippen molar-refractivity contribution in [3.63, 3.8) is 0 Å². The van der Waals surface area contributed by atoms with Gasteiger partial charge in [0.05, 0.1) is 11.9 Å². The second-order valence-corrected chi connectivity index (χ2v) is 9.92. The minimum absolute atomic E-state index is 0.259. The number of amides is 1. The van der Waals surface area contributed by atoms with Gasteiger partial charge in [0.25, 0.3) is 0 Å². The maximum atomic E-state index is 13.8. The highest BCUT2D eigenvalue weighted by Gasteiger charge is 2.34. The molecular weight excluding hydrogens is 444 g/mol. The molecule has 0 aliphatic carbocycles. The van der Waals surface area contributed by atoms with Crippen molar-refractivity contribution in [1.29, 1.82) is 0 Å². The fourth-order valence-corrected chi connectivity index (χ4v) is 5.07. The third-order valence-corrected chi connectivity index (χ3v) is 6.53. The second kappa shape index (κ2) is 10.7. The molecule has 0 radical (unpaired) electrons. The molecule has 3 aromatic carbocycles. The second-order valence-electron chi connectivity index (χ2n) is 7.63. The van der Waals surface area contributed by atoms with Crippen LogP contribution >= 0.6 is 11.6 Å². The lowest BCUT2D eigenvalue weighted by Crippen LogP contribution is -2.50. The molecule has 0 aliphatic heterocycles. The smallest absolute Gasteiger partial charge is 0.247 e. The van der Waals surface area contributed by atoms with Crippen LogP contribution in [0.25, 0.3) is 0 Å². The summed E-state index contributed by atoms with van der Waals surface area (Å²) < 4.78 is 26.8. The first kappa shape index (κ1) is 23.8. The van der Waals surface area contributed by atoms with E-state index < -0.39 is 16.1 Å². The fourth-order valence-electron chi connectivity index (χ4n) is 3.69. The zero-order valence-corrected chi connectivity index (χ0v) is 19.8. The lowest BCUT2D eigenvalue weighted by molar-refractivity contribution is -0.133. The molecule has 0 bridgehead atoms. The highest BCUT2D eigenvalue weighted by Crippen LogP contribution is 2.27. The van der Waals surface area contributed by atoms with E-state index in [1.54, 1.807) is 29.2 Å². The maximum Gasteiger partial charge on any atom is 0.247 e. The summed E-state index contributed by atoms with van der Waals surface area (Å²) >= 11 is 6.13. The Kier molecular flexibility index (Phi) is 7.94. The van der Waals surface area contributed by atoms with E-state index in [1.165, 1.54) is 4.31 Å². The Morgan fingerprint density at radius 3 is 1.84 bits per heavy atom. The van der Waals surface area contributed by atoms with Crippen LogP contribution in [-0.4, -0.2) is 31.5 Å². The summed E-state index contributed by atoms with van der Waals surface area (Å²) in [6, 6.07) is 25.0. The summed E-state index contributed by atoms with van der Waals surface area (Å²) in [6.07, 6.45) is 1.43. The zero-order valence-electron chi connectivity index (χ0n) is 18.2. The highest BCUT2D eigenvalue weighted by molar-refractivity contribution is 7.92. The van der Waals surface area contributed by atoms with E-state index in [1.807, 2.05) is 67.6 Å². The first-order valence-corrected chi connectivity index (χ1v) is 12.6. The minimum atomic E-state index is -3.74. The predicted molar refractivity (Wildman–Crippen MR) is 130 cm³/mol. The number of rotatable bonds is 9. The summed E-state index contributed by atoms with van der Waals surface area (Å²) in [4.78, 5) is 15.5. The van der Waals surface area contributed by atoms with Crippen LogP contribution in [0.15, 0.2) is 84.9 Å². The quantitative estimate of drug-likeness (QED) is 0.436. The van der Waals surface area contributed by atoms with E-state index in [0.29, 0.717) is 30.2 Å². The predicted octanol–water partition coefficient (Wildman–Crippen LogP) is 5.11. The molecule has 168 valence electrons. The number of halogens is 1. The molecule has 3 rings (SSSR count). The number of anilines is 1. The molecule has 7 heteroatoms. The summed E-state index contributed by atoms with van der Waals surface area (Å²) in [5, 5.41) is 0.406. The van der Waals surface area contributed by atoms with Gasteiger partial charge in [-0.3, -0.25) is 9.10 Å². The molecular formula is C25H27ClN2O3S. The SMILES string of the molecule is CC[C@@H](C(=O)N(Cc1ccccc1)Cc1ccccc1)N(c1cccc(Cl)c1)S(C)(=O)=O. The number of benzene rings is 3. The van der Waals surface area contributed by atoms with E-state index in [2.05, 4.69) is 0 Å². The van der Waals surface area contributed by atoms with Gasteiger partial charge in [-0.1, -0.05) is 85.3 Å². The molecule has 0 fully saturated rings. The molecule has 1 atom stereocenters. The summed E-state index contributed by atoms with van der Waals surface area (Å²) in [7, 11) is -3.74. The Labute approximate surface area is 195 Å². The lowest BCUT2D eigenvalue weighted by atomic mass is 10.1. The molecule has 0 saturated heterocycles. The number of sulfonamides is 1. The monoisotopic (exact) mass is 470 g/mol. The molecule has 0 N–H and O–H groups in total. The van der Waals surface area contributed by atoms with Gasteiger partial charge in [0.15, 0.2) is 0 Å². The van der Waals surface area contributed by atoms with Crippen LogP contribution in [0.5, 0.6) is 0 Å². The van der Waals surface area contributed by atoms with Crippen LogP contribution in [-0.2, 0) is 27.9 Å².